The normalized spacial score (nSPS) is 69.1. The molecule has 7 rings (SSSR count). The summed E-state index contributed by atoms with van der Waals surface area (Å²) in [5.74, 6) is 2.56. The van der Waals surface area contributed by atoms with Gasteiger partial charge in [0.05, 0.1) is 0 Å². The number of aliphatic carboxylic acids is 2. The van der Waals surface area contributed by atoms with Gasteiger partial charge in [0.1, 0.15) is 0 Å². The van der Waals surface area contributed by atoms with E-state index in [2.05, 4.69) is 0 Å². The lowest BCUT2D eigenvalue weighted by Gasteiger charge is -2.44. The molecule has 2 N–H and O–H groups in total. The highest BCUT2D eigenvalue weighted by Gasteiger charge is 2.95. The van der Waals surface area contributed by atoms with E-state index < -0.39 is 17.4 Å². The Kier molecular flexibility index (Phi) is 1.00. The van der Waals surface area contributed by atoms with Crippen LogP contribution in [0.15, 0.2) is 0 Å². The molecule has 94 valence electrons. The van der Waals surface area contributed by atoms with Gasteiger partial charge < -0.3 is 10.2 Å². The molecule has 7 aliphatic rings. The predicted octanol–water partition coefficient (Wildman–Crippen LogP) is 0.776. The Bertz CT molecular complexity index is 502. The third kappa shape index (κ3) is 0.466. The molecule has 0 aromatic heterocycles. The molecule has 0 radical (unpaired) electrons. The highest BCUT2D eigenvalue weighted by atomic mass is 16.4. The van der Waals surface area contributed by atoms with Crippen molar-refractivity contribution in [3.8, 4) is 0 Å². The number of hydrogen-bond donors (Lipinski definition) is 2. The van der Waals surface area contributed by atoms with Crippen molar-refractivity contribution in [3.63, 3.8) is 0 Å². The van der Waals surface area contributed by atoms with Gasteiger partial charge in [-0.3, -0.25) is 9.59 Å². The first-order chi connectivity index (χ1) is 8.61. The third-order valence-electron chi connectivity index (χ3n) is 8.16. The van der Waals surface area contributed by atoms with Crippen molar-refractivity contribution in [1.82, 2.24) is 0 Å². The second-order valence-corrected chi connectivity index (χ2v) is 7.56. The van der Waals surface area contributed by atoms with Gasteiger partial charge in [-0.05, 0) is 65.6 Å². The van der Waals surface area contributed by atoms with Gasteiger partial charge in [0, 0.05) is 0 Å². The lowest BCUT2D eigenvalue weighted by Crippen LogP contribution is -2.45. The van der Waals surface area contributed by atoms with Gasteiger partial charge in [-0.2, -0.15) is 0 Å². The van der Waals surface area contributed by atoms with Crippen LogP contribution in [0.4, 0.5) is 0 Å². The summed E-state index contributed by atoms with van der Waals surface area (Å²) < 4.78 is 0. The van der Waals surface area contributed by atoms with Crippen LogP contribution in [0.5, 0.6) is 0 Å². The first-order valence-electron chi connectivity index (χ1n) is 7.08. The van der Waals surface area contributed by atoms with Crippen molar-refractivity contribution in [2.45, 2.75) is 6.42 Å². The Morgan fingerprint density at radius 3 is 1.61 bits per heavy atom. The van der Waals surface area contributed by atoms with Gasteiger partial charge in [0.2, 0.25) is 0 Å². The second kappa shape index (κ2) is 2.02. The molecular weight excluding hydrogens is 232 g/mol. The minimum atomic E-state index is -1.40. The van der Waals surface area contributed by atoms with Gasteiger partial charge in [0.25, 0.3) is 0 Å². The molecule has 7 fully saturated rings. The maximum Gasteiger partial charge on any atom is 0.321 e. The molecule has 4 bridgehead atoms. The highest BCUT2D eigenvalue weighted by Crippen LogP contribution is 2.94. The molecule has 0 aliphatic heterocycles. The van der Waals surface area contributed by atoms with Crippen LogP contribution in [0.3, 0.4) is 0 Å². The zero-order chi connectivity index (χ0) is 12.1. The molecule has 7 aliphatic carbocycles. The van der Waals surface area contributed by atoms with E-state index in [0.29, 0.717) is 35.5 Å². The molecule has 18 heavy (non-hydrogen) atoms. The minimum absolute atomic E-state index is 0.0220. The largest absolute Gasteiger partial charge is 0.480 e. The van der Waals surface area contributed by atoms with Crippen LogP contribution in [0.1, 0.15) is 6.42 Å². The maximum atomic E-state index is 11.8. The van der Waals surface area contributed by atoms with Crippen LogP contribution in [-0.2, 0) is 9.59 Å². The van der Waals surface area contributed by atoms with Crippen molar-refractivity contribution >= 4 is 11.9 Å². The number of carbonyl (C=O) groups is 2. The Morgan fingerprint density at radius 2 is 1.22 bits per heavy atom. The van der Waals surface area contributed by atoms with E-state index in [1.807, 2.05) is 0 Å². The van der Waals surface area contributed by atoms with E-state index in [0.717, 1.165) is 11.8 Å². The summed E-state index contributed by atoms with van der Waals surface area (Å²) in [6.45, 7) is 0. The van der Waals surface area contributed by atoms with E-state index in [4.69, 9.17) is 0 Å². The Balaban J connectivity index is 1.69. The van der Waals surface area contributed by atoms with Crippen LogP contribution < -0.4 is 0 Å². The molecule has 0 spiro atoms. The van der Waals surface area contributed by atoms with Crippen molar-refractivity contribution in [2.24, 2.45) is 64.6 Å². The summed E-state index contributed by atoms with van der Waals surface area (Å²) in [4.78, 5) is 23.6. The van der Waals surface area contributed by atoms with Crippen LogP contribution in [0.25, 0.3) is 0 Å². The first-order valence-corrected chi connectivity index (χ1v) is 7.08. The average Bonchev–Trinajstić information content (AvgIpc) is 2.85. The summed E-state index contributed by atoms with van der Waals surface area (Å²) >= 11 is 0. The molecule has 4 nitrogen and oxygen atoms in total. The van der Waals surface area contributed by atoms with Gasteiger partial charge in [0.15, 0.2) is 5.41 Å². The lowest BCUT2D eigenvalue weighted by molar-refractivity contribution is -0.169. The average molecular weight is 246 g/mol. The standard InChI is InChI=1S/C14H14O4/c15-12(16)14(13(17)18)10-6-2-1-3-5-4(2)8(10)9(5)11(14)7(3)6/h2-11H,1H2,(H,15,16)(H,17,18)/t2-,3-,4+,5+,6-,7+,8+,9+,10+,11-/m0/s1. The highest BCUT2D eigenvalue weighted by molar-refractivity contribution is 6.01. The molecular formula is C14H14O4. The fourth-order valence-corrected chi connectivity index (χ4v) is 8.63. The molecule has 0 aromatic rings. The first kappa shape index (κ1) is 8.94. The van der Waals surface area contributed by atoms with Crippen molar-refractivity contribution < 1.29 is 19.8 Å². The molecule has 0 saturated heterocycles. The maximum absolute atomic E-state index is 11.8. The molecule has 4 heteroatoms. The zero-order valence-corrected chi connectivity index (χ0v) is 9.69. The molecule has 10 atom stereocenters. The summed E-state index contributed by atoms with van der Waals surface area (Å²) in [6, 6.07) is 0. The van der Waals surface area contributed by atoms with E-state index in [1.54, 1.807) is 0 Å². The minimum Gasteiger partial charge on any atom is -0.480 e. The molecule has 0 amide bonds. The van der Waals surface area contributed by atoms with Gasteiger partial charge in [-0.25, -0.2) is 0 Å². The van der Waals surface area contributed by atoms with Crippen LogP contribution in [-0.4, -0.2) is 22.2 Å². The van der Waals surface area contributed by atoms with Gasteiger partial charge >= 0.3 is 11.9 Å². The quantitative estimate of drug-likeness (QED) is 0.706. The number of carboxylic acid groups (broad SMARTS) is 2. The van der Waals surface area contributed by atoms with Gasteiger partial charge in [-0.15, -0.1) is 0 Å². The monoisotopic (exact) mass is 246 g/mol. The van der Waals surface area contributed by atoms with E-state index in [1.165, 1.54) is 6.42 Å². The lowest BCUT2D eigenvalue weighted by atomic mass is 9.60. The summed E-state index contributed by atoms with van der Waals surface area (Å²) in [5.41, 5.74) is -1.40. The SMILES string of the molecule is O=C(O)C1(C(=O)O)[C@@H]2[C@@H]3[C@@H]4[C@@H]5C[C@H]6[C@H]4[C@H]3[C@H]1[C@@H]6[C@@H]52. The van der Waals surface area contributed by atoms with Crippen molar-refractivity contribution in [1.29, 1.82) is 0 Å². The fraction of sp³-hybridized carbons (Fsp3) is 0.857. The Hall–Kier alpha value is -1.06. The Morgan fingerprint density at radius 1 is 0.778 bits per heavy atom. The second-order valence-electron chi connectivity index (χ2n) is 7.56. The molecule has 0 heterocycles. The number of hydrogen-bond acceptors (Lipinski definition) is 2. The smallest absolute Gasteiger partial charge is 0.321 e. The van der Waals surface area contributed by atoms with Gasteiger partial charge in [-0.1, -0.05) is 0 Å². The fourth-order valence-electron chi connectivity index (χ4n) is 8.63. The van der Waals surface area contributed by atoms with Crippen LogP contribution in [0, 0.1) is 64.6 Å². The van der Waals surface area contributed by atoms with Crippen molar-refractivity contribution in [2.75, 3.05) is 0 Å². The zero-order valence-electron chi connectivity index (χ0n) is 9.69. The molecule has 0 unspecified atom stereocenters. The summed E-state index contributed by atoms with van der Waals surface area (Å²) in [7, 11) is 0. The summed E-state index contributed by atoms with van der Waals surface area (Å²) in [5, 5.41) is 19.3. The predicted molar refractivity (Wildman–Crippen MR) is 57.2 cm³/mol. The third-order valence-corrected chi connectivity index (χ3v) is 8.16. The number of carboxylic acids is 2. The van der Waals surface area contributed by atoms with E-state index in [-0.39, 0.29) is 11.8 Å². The Labute approximate surface area is 103 Å². The van der Waals surface area contributed by atoms with Crippen LogP contribution >= 0.6 is 0 Å². The van der Waals surface area contributed by atoms with E-state index >= 15 is 0 Å². The summed E-state index contributed by atoms with van der Waals surface area (Å²) in [6.07, 6.45) is 1.29. The molecule has 7 saturated carbocycles. The number of rotatable bonds is 2. The van der Waals surface area contributed by atoms with Crippen molar-refractivity contribution in [3.05, 3.63) is 0 Å². The van der Waals surface area contributed by atoms with Crippen LogP contribution in [0.2, 0.25) is 0 Å². The van der Waals surface area contributed by atoms with E-state index in [9.17, 15) is 19.8 Å². The molecule has 0 aromatic carbocycles. The topological polar surface area (TPSA) is 74.6 Å².